The number of halogens is 1. The summed E-state index contributed by atoms with van der Waals surface area (Å²) in [6.07, 6.45) is 3.84. The molecule has 1 aromatic heterocycles. The van der Waals surface area contributed by atoms with Crippen LogP contribution in [0.4, 0.5) is 14.9 Å². The van der Waals surface area contributed by atoms with Crippen molar-refractivity contribution in [3.63, 3.8) is 0 Å². The zero-order valence-corrected chi connectivity index (χ0v) is 16.4. The lowest BCUT2D eigenvalue weighted by Gasteiger charge is -2.19. The molecule has 4 rings (SSSR count). The third kappa shape index (κ3) is 3.89. The predicted octanol–water partition coefficient (Wildman–Crippen LogP) is 3.66. The van der Waals surface area contributed by atoms with Crippen LogP contribution in [0.5, 0.6) is 0 Å². The number of aromatic nitrogens is 2. The second kappa shape index (κ2) is 8.36. The van der Waals surface area contributed by atoms with Crippen LogP contribution in [0.1, 0.15) is 28.4 Å². The number of hydrogen-bond donors (Lipinski definition) is 2. The number of esters is 1. The smallest absolute Gasteiger partial charge is 0.338 e. The van der Waals surface area contributed by atoms with Gasteiger partial charge in [0, 0.05) is 30.4 Å². The van der Waals surface area contributed by atoms with Gasteiger partial charge in [-0.3, -0.25) is 10.00 Å². The van der Waals surface area contributed by atoms with E-state index in [-0.39, 0.29) is 12.6 Å². The largest absolute Gasteiger partial charge is 0.462 e. The molecule has 0 spiro atoms. The Morgan fingerprint density at radius 2 is 2.17 bits per heavy atom. The molecule has 0 bridgehead atoms. The second-order valence-corrected chi connectivity index (χ2v) is 6.93. The number of aromatic amines is 1. The van der Waals surface area contributed by atoms with Gasteiger partial charge in [0.05, 0.1) is 24.1 Å². The van der Waals surface area contributed by atoms with Gasteiger partial charge in [0.15, 0.2) is 0 Å². The Morgan fingerprint density at radius 3 is 2.93 bits per heavy atom. The first-order valence-corrected chi connectivity index (χ1v) is 9.70. The number of fused-ring (bicyclic) bond motifs is 1. The summed E-state index contributed by atoms with van der Waals surface area (Å²) in [6, 6.07) is 9.76. The summed E-state index contributed by atoms with van der Waals surface area (Å²) >= 11 is 0. The Kier molecular flexibility index (Phi) is 5.47. The molecule has 0 radical (unpaired) electrons. The number of ether oxygens (including phenoxy) is 1. The molecule has 0 fully saturated rings. The normalized spacial score (nSPS) is 12.5. The van der Waals surface area contributed by atoms with E-state index in [1.165, 1.54) is 11.0 Å². The van der Waals surface area contributed by atoms with Gasteiger partial charge in [0.25, 0.3) is 0 Å². The highest BCUT2D eigenvalue weighted by Gasteiger charge is 2.26. The fraction of sp³-hybridized carbons (Fsp3) is 0.227. The Hall–Kier alpha value is -3.68. The van der Waals surface area contributed by atoms with Gasteiger partial charge in [-0.2, -0.15) is 5.10 Å². The van der Waals surface area contributed by atoms with E-state index in [1.807, 2.05) is 6.07 Å². The van der Waals surface area contributed by atoms with Crippen LogP contribution in [0.15, 0.2) is 48.8 Å². The standard InChI is InChI=1S/C22H21FN4O3/c1-2-30-21(28)16-5-3-4-14(8-16)11-24-22(29)27-7-6-15-9-18(17-12-25-26-13-17)19(23)10-20(15)27/h3-5,8-10,12-13H,2,6-7,11H2,1H3,(H,24,29)(H,25,26). The molecule has 3 aromatic rings. The lowest BCUT2D eigenvalue weighted by Crippen LogP contribution is -2.38. The number of H-pyrrole nitrogens is 1. The molecule has 2 aromatic carbocycles. The fourth-order valence-corrected chi connectivity index (χ4v) is 3.54. The van der Waals surface area contributed by atoms with E-state index in [4.69, 9.17) is 4.74 Å². The fourth-order valence-electron chi connectivity index (χ4n) is 3.54. The molecular weight excluding hydrogens is 387 g/mol. The maximum Gasteiger partial charge on any atom is 0.338 e. The number of hydrogen-bond acceptors (Lipinski definition) is 4. The first-order valence-electron chi connectivity index (χ1n) is 9.70. The number of urea groups is 1. The zero-order chi connectivity index (χ0) is 21.1. The zero-order valence-electron chi connectivity index (χ0n) is 16.4. The van der Waals surface area contributed by atoms with E-state index in [2.05, 4.69) is 15.5 Å². The van der Waals surface area contributed by atoms with Gasteiger partial charge in [-0.25, -0.2) is 14.0 Å². The SMILES string of the molecule is CCOC(=O)c1cccc(CNC(=O)N2CCc3cc(-c4cn[nH]c4)c(F)cc32)c1. The van der Waals surface area contributed by atoms with Crippen LogP contribution in [-0.4, -0.2) is 35.3 Å². The Morgan fingerprint density at radius 1 is 1.30 bits per heavy atom. The molecule has 0 saturated carbocycles. The van der Waals surface area contributed by atoms with Crippen LogP contribution in [0.3, 0.4) is 0 Å². The van der Waals surface area contributed by atoms with Gasteiger partial charge in [-0.15, -0.1) is 0 Å². The van der Waals surface area contributed by atoms with Crippen molar-refractivity contribution in [2.24, 2.45) is 0 Å². The van der Waals surface area contributed by atoms with Gasteiger partial charge >= 0.3 is 12.0 Å². The van der Waals surface area contributed by atoms with E-state index in [0.717, 1.165) is 11.1 Å². The topological polar surface area (TPSA) is 87.3 Å². The highest BCUT2D eigenvalue weighted by Crippen LogP contribution is 2.34. The lowest BCUT2D eigenvalue weighted by atomic mass is 10.0. The molecule has 7 nitrogen and oxygen atoms in total. The summed E-state index contributed by atoms with van der Waals surface area (Å²) in [5, 5.41) is 9.38. The molecule has 0 atom stereocenters. The number of carbonyl (C=O) groups is 2. The summed E-state index contributed by atoms with van der Waals surface area (Å²) < 4.78 is 19.6. The van der Waals surface area contributed by atoms with Gasteiger partial charge in [0.1, 0.15) is 5.82 Å². The van der Waals surface area contributed by atoms with Crippen LogP contribution in [0.25, 0.3) is 11.1 Å². The van der Waals surface area contributed by atoms with Crippen molar-refractivity contribution in [3.8, 4) is 11.1 Å². The Labute approximate surface area is 172 Å². The highest BCUT2D eigenvalue weighted by molar-refractivity contribution is 5.95. The molecule has 0 unspecified atom stereocenters. The summed E-state index contributed by atoms with van der Waals surface area (Å²) in [6.45, 7) is 2.76. The van der Waals surface area contributed by atoms with E-state index in [0.29, 0.717) is 42.0 Å². The second-order valence-electron chi connectivity index (χ2n) is 6.93. The number of rotatable bonds is 5. The van der Waals surface area contributed by atoms with Crippen LogP contribution < -0.4 is 10.2 Å². The molecule has 30 heavy (non-hydrogen) atoms. The molecule has 2 heterocycles. The first-order chi connectivity index (χ1) is 14.6. The van der Waals surface area contributed by atoms with Crippen molar-refractivity contribution in [3.05, 3.63) is 71.3 Å². The first kappa shape index (κ1) is 19.6. The molecular formula is C22H21FN4O3. The molecule has 2 N–H and O–H groups in total. The maximum atomic E-state index is 14.6. The van der Waals surface area contributed by atoms with E-state index >= 15 is 0 Å². The number of carbonyl (C=O) groups excluding carboxylic acids is 2. The van der Waals surface area contributed by atoms with Gasteiger partial charge in [-0.05, 0) is 48.7 Å². The molecule has 0 aliphatic carbocycles. The minimum absolute atomic E-state index is 0.244. The van der Waals surface area contributed by atoms with Crippen LogP contribution in [0.2, 0.25) is 0 Å². The monoisotopic (exact) mass is 408 g/mol. The number of nitrogens with zero attached hydrogens (tertiary/aromatic N) is 2. The van der Waals surface area contributed by atoms with Crippen molar-refractivity contribution in [2.45, 2.75) is 19.9 Å². The molecule has 0 saturated heterocycles. The van der Waals surface area contributed by atoms with Crippen LogP contribution in [0, 0.1) is 5.82 Å². The predicted molar refractivity (Wildman–Crippen MR) is 110 cm³/mol. The number of anilines is 1. The Balaban J connectivity index is 1.46. The third-order valence-corrected chi connectivity index (χ3v) is 5.00. The molecule has 154 valence electrons. The van der Waals surface area contributed by atoms with E-state index in [1.54, 1.807) is 43.6 Å². The summed E-state index contributed by atoms with van der Waals surface area (Å²) in [5.41, 5.74) is 3.81. The van der Waals surface area contributed by atoms with Crippen molar-refractivity contribution in [2.75, 3.05) is 18.1 Å². The van der Waals surface area contributed by atoms with Gasteiger partial charge in [0.2, 0.25) is 0 Å². The molecule has 1 aliphatic rings. The molecule has 1 aliphatic heterocycles. The summed E-state index contributed by atoms with van der Waals surface area (Å²) in [7, 11) is 0. The quantitative estimate of drug-likeness (QED) is 0.631. The summed E-state index contributed by atoms with van der Waals surface area (Å²) in [5.74, 6) is -0.806. The highest BCUT2D eigenvalue weighted by atomic mass is 19.1. The van der Waals surface area contributed by atoms with Crippen molar-refractivity contribution >= 4 is 17.7 Å². The van der Waals surface area contributed by atoms with Crippen LogP contribution >= 0.6 is 0 Å². The van der Waals surface area contributed by atoms with Crippen LogP contribution in [-0.2, 0) is 17.7 Å². The van der Waals surface area contributed by atoms with Crippen molar-refractivity contribution in [1.82, 2.24) is 15.5 Å². The number of benzene rings is 2. The number of nitrogens with one attached hydrogen (secondary N) is 2. The lowest BCUT2D eigenvalue weighted by molar-refractivity contribution is 0.0526. The minimum atomic E-state index is -0.406. The van der Waals surface area contributed by atoms with Gasteiger partial charge < -0.3 is 10.1 Å². The number of amides is 2. The van der Waals surface area contributed by atoms with E-state index in [9.17, 15) is 14.0 Å². The summed E-state index contributed by atoms with van der Waals surface area (Å²) in [4.78, 5) is 26.1. The average molecular weight is 408 g/mol. The average Bonchev–Trinajstić information content (AvgIpc) is 3.41. The van der Waals surface area contributed by atoms with Gasteiger partial charge in [-0.1, -0.05) is 12.1 Å². The Bertz CT molecular complexity index is 1080. The molecule has 2 amide bonds. The van der Waals surface area contributed by atoms with Crippen molar-refractivity contribution < 1.29 is 18.7 Å². The van der Waals surface area contributed by atoms with Crippen molar-refractivity contribution in [1.29, 1.82) is 0 Å². The minimum Gasteiger partial charge on any atom is -0.462 e. The molecule has 8 heteroatoms. The maximum absolute atomic E-state index is 14.6. The van der Waals surface area contributed by atoms with E-state index < -0.39 is 11.8 Å². The third-order valence-electron chi connectivity index (χ3n) is 5.00.